The highest BCUT2D eigenvalue weighted by molar-refractivity contribution is 5.99. The van der Waals surface area contributed by atoms with Crippen LogP contribution in [0.15, 0.2) is 24.3 Å². The zero-order valence-corrected chi connectivity index (χ0v) is 10.6. The minimum absolute atomic E-state index is 0.115. The molecule has 0 aliphatic heterocycles. The van der Waals surface area contributed by atoms with Gasteiger partial charge in [0.1, 0.15) is 0 Å². The number of carbonyl (C=O) groups is 1. The van der Waals surface area contributed by atoms with Gasteiger partial charge < -0.3 is 5.32 Å². The molecule has 0 aliphatic carbocycles. The summed E-state index contributed by atoms with van der Waals surface area (Å²) in [5.41, 5.74) is 2.08. The molecule has 16 heavy (non-hydrogen) atoms. The van der Waals surface area contributed by atoms with E-state index in [9.17, 15) is 4.79 Å². The van der Waals surface area contributed by atoms with E-state index in [1.54, 1.807) is 7.05 Å². The standard InChI is InChI=1S/C14H21NO/c1-10(2)9-12-5-7-13(8-6-12)14(16)11(3)15-4/h5-8,10-11,15H,9H2,1-4H3. The maximum absolute atomic E-state index is 11.8. The molecule has 0 aliphatic rings. The second-order valence-electron chi connectivity index (χ2n) is 4.67. The van der Waals surface area contributed by atoms with Gasteiger partial charge in [-0.1, -0.05) is 38.1 Å². The first-order chi connectivity index (χ1) is 7.54. The summed E-state index contributed by atoms with van der Waals surface area (Å²) in [5, 5.41) is 2.96. The number of rotatable bonds is 5. The number of ketones is 1. The highest BCUT2D eigenvalue weighted by Crippen LogP contribution is 2.11. The fourth-order valence-corrected chi connectivity index (χ4v) is 1.66. The van der Waals surface area contributed by atoms with Gasteiger partial charge >= 0.3 is 0 Å². The van der Waals surface area contributed by atoms with Gasteiger partial charge in [-0.2, -0.15) is 0 Å². The maximum Gasteiger partial charge on any atom is 0.179 e. The van der Waals surface area contributed by atoms with Crippen LogP contribution in [0.5, 0.6) is 0 Å². The van der Waals surface area contributed by atoms with Crippen LogP contribution < -0.4 is 5.32 Å². The van der Waals surface area contributed by atoms with Crippen LogP contribution in [-0.4, -0.2) is 18.9 Å². The SMILES string of the molecule is CNC(C)C(=O)c1ccc(CC(C)C)cc1. The molecule has 88 valence electrons. The zero-order chi connectivity index (χ0) is 12.1. The second kappa shape index (κ2) is 5.80. The van der Waals surface area contributed by atoms with Crippen LogP contribution in [0.2, 0.25) is 0 Å². The molecule has 1 N–H and O–H groups in total. The normalized spacial score (nSPS) is 12.8. The molecule has 0 heterocycles. The lowest BCUT2D eigenvalue weighted by Gasteiger charge is -2.10. The van der Waals surface area contributed by atoms with E-state index in [0.717, 1.165) is 12.0 Å². The predicted octanol–water partition coefficient (Wildman–Crippen LogP) is 2.68. The van der Waals surface area contributed by atoms with E-state index in [2.05, 4.69) is 31.3 Å². The number of hydrogen-bond donors (Lipinski definition) is 1. The van der Waals surface area contributed by atoms with Gasteiger partial charge in [0, 0.05) is 5.56 Å². The fourth-order valence-electron chi connectivity index (χ4n) is 1.66. The number of hydrogen-bond acceptors (Lipinski definition) is 2. The molecule has 0 saturated carbocycles. The average Bonchev–Trinajstić information content (AvgIpc) is 2.27. The van der Waals surface area contributed by atoms with Gasteiger partial charge in [0.05, 0.1) is 6.04 Å². The Balaban J connectivity index is 2.74. The lowest BCUT2D eigenvalue weighted by Crippen LogP contribution is -2.30. The smallest absolute Gasteiger partial charge is 0.179 e. The van der Waals surface area contributed by atoms with Crippen LogP contribution in [0.1, 0.15) is 36.7 Å². The van der Waals surface area contributed by atoms with Crippen LogP contribution >= 0.6 is 0 Å². The first-order valence-corrected chi connectivity index (χ1v) is 5.85. The molecule has 1 aromatic carbocycles. The van der Waals surface area contributed by atoms with Crippen LogP contribution in [0.25, 0.3) is 0 Å². The minimum atomic E-state index is -0.115. The molecule has 0 spiro atoms. The maximum atomic E-state index is 11.8. The van der Waals surface area contributed by atoms with Gasteiger partial charge in [0.2, 0.25) is 0 Å². The molecule has 0 saturated heterocycles. The van der Waals surface area contributed by atoms with Crippen molar-refractivity contribution in [1.82, 2.24) is 5.32 Å². The summed E-state index contributed by atoms with van der Waals surface area (Å²) in [7, 11) is 1.80. The minimum Gasteiger partial charge on any atom is -0.310 e. The second-order valence-corrected chi connectivity index (χ2v) is 4.67. The summed E-state index contributed by atoms with van der Waals surface area (Å²) in [5.74, 6) is 0.802. The van der Waals surface area contributed by atoms with Crippen molar-refractivity contribution < 1.29 is 4.79 Å². The van der Waals surface area contributed by atoms with Crippen molar-refractivity contribution in [1.29, 1.82) is 0 Å². The van der Waals surface area contributed by atoms with Crippen LogP contribution in [-0.2, 0) is 6.42 Å². The van der Waals surface area contributed by atoms with Gasteiger partial charge in [-0.15, -0.1) is 0 Å². The van der Waals surface area contributed by atoms with Crippen LogP contribution in [0.3, 0.4) is 0 Å². The molecule has 0 radical (unpaired) electrons. The lowest BCUT2D eigenvalue weighted by molar-refractivity contribution is 0.0955. The molecule has 0 bridgehead atoms. The molecule has 2 heteroatoms. The molecular weight excluding hydrogens is 198 g/mol. The van der Waals surface area contributed by atoms with Crippen LogP contribution in [0.4, 0.5) is 0 Å². The average molecular weight is 219 g/mol. The number of nitrogens with one attached hydrogen (secondary N) is 1. The molecule has 0 fully saturated rings. The number of likely N-dealkylation sites (N-methyl/N-ethyl adjacent to an activating group) is 1. The van der Waals surface area contributed by atoms with Crippen molar-refractivity contribution in [3.05, 3.63) is 35.4 Å². The molecule has 2 nitrogen and oxygen atoms in total. The molecule has 1 rings (SSSR count). The van der Waals surface area contributed by atoms with Crippen molar-refractivity contribution in [2.24, 2.45) is 5.92 Å². The molecule has 0 amide bonds. The number of benzene rings is 1. The summed E-state index contributed by atoms with van der Waals surface area (Å²) in [6.45, 7) is 6.27. The Morgan fingerprint density at radius 3 is 2.19 bits per heavy atom. The first kappa shape index (κ1) is 12.9. The summed E-state index contributed by atoms with van der Waals surface area (Å²) < 4.78 is 0. The summed E-state index contributed by atoms with van der Waals surface area (Å²) in [4.78, 5) is 11.8. The van der Waals surface area contributed by atoms with Gasteiger partial charge in [0.15, 0.2) is 5.78 Å². The van der Waals surface area contributed by atoms with E-state index >= 15 is 0 Å². The highest BCUT2D eigenvalue weighted by atomic mass is 16.1. The van der Waals surface area contributed by atoms with Crippen molar-refractivity contribution in [3.63, 3.8) is 0 Å². The van der Waals surface area contributed by atoms with Crippen molar-refractivity contribution in [2.45, 2.75) is 33.2 Å². The van der Waals surface area contributed by atoms with Crippen molar-refractivity contribution >= 4 is 5.78 Å². The lowest BCUT2D eigenvalue weighted by atomic mass is 9.99. The third-order valence-corrected chi connectivity index (χ3v) is 2.71. The van der Waals surface area contributed by atoms with Crippen molar-refractivity contribution in [3.8, 4) is 0 Å². The molecular formula is C14H21NO. The van der Waals surface area contributed by atoms with Gasteiger partial charge in [-0.25, -0.2) is 0 Å². The Hall–Kier alpha value is -1.15. The fraction of sp³-hybridized carbons (Fsp3) is 0.500. The van der Waals surface area contributed by atoms with E-state index in [-0.39, 0.29) is 11.8 Å². The number of Topliss-reactive ketones (excluding diaryl/α,β-unsaturated/α-hetero) is 1. The third-order valence-electron chi connectivity index (χ3n) is 2.71. The van der Waals surface area contributed by atoms with E-state index < -0.39 is 0 Å². The Kier molecular flexibility index (Phi) is 4.69. The van der Waals surface area contributed by atoms with Gasteiger partial charge in [0.25, 0.3) is 0 Å². The Bertz CT molecular complexity index is 340. The topological polar surface area (TPSA) is 29.1 Å². The highest BCUT2D eigenvalue weighted by Gasteiger charge is 2.12. The largest absolute Gasteiger partial charge is 0.310 e. The molecule has 1 aromatic rings. The molecule has 0 aromatic heterocycles. The monoisotopic (exact) mass is 219 g/mol. The Labute approximate surface area is 98.1 Å². The van der Waals surface area contributed by atoms with Gasteiger partial charge in [-0.05, 0) is 31.9 Å². The molecule has 1 unspecified atom stereocenters. The quantitative estimate of drug-likeness (QED) is 0.771. The zero-order valence-electron chi connectivity index (χ0n) is 10.6. The predicted molar refractivity (Wildman–Crippen MR) is 67.8 cm³/mol. The first-order valence-electron chi connectivity index (χ1n) is 5.85. The summed E-state index contributed by atoms with van der Waals surface area (Å²) >= 11 is 0. The van der Waals surface area contributed by atoms with E-state index in [1.165, 1.54) is 5.56 Å². The summed E-state index contributed by atoms with van der Waals surface area (Å²) in [6.07, 6.45) is 1.07. The van der Waals surface area contributed by atoms with Gasteiger partial charge in [-0.3, -0.25) is 4.79 Å². The molecule has 1 atom stereocenters. The summed E-state index contributed by atoms with van der Waals surface area (Å²) in [6, 6.07) is 7.84. The third kappa shape index (κ3) is 3.46. The van der Waals surface area contributed by atoms with E-state index in [1.807, 2.05) is 19.1 Å². The van der Waals surface area contributed by atoms with Crippen LogP contribution in [0, 0.1) is 5.92 Å². The van der Waals surface area contributed by atoms with E-state index in [4.69, 9.17) is 0 Å². The van der Waals surface area contributed by atoms with Crippen molar-refractivity contribution in [2.75, 3.05) is 7.05 Å². The Morgan fingerprint density at radius 1 is 1.19 bits per heavy atom. The number of carbonyl (C=O) groups excluding carboxylic acids is 1. The van der Waals surface area contributed by atoms with E-state index in [0.29, 0.717) is 5.92 Å². The Morgan fingerprint density at radius 2 is 1.75 bits per heavy atom.